The van der Waals surface area contributed by atoms with E-state index in [4.69, 9.17) is 21.4 Å². The molecule has 0 unspecified atom stereocenters. The first-order valence-corrected chi connectivity index (χ1v) is 7.80. The van der Waals surface area contributed by atoms with Crippen molar-refractivity contribution in [3.63, 3.8) is 0 Å². The topological polar surface area (TPSA) is 62.7 Å². The maximum Gasteiger partial charge on any atom is 0.407 e. The third kappa shape index (κ3) is 3.28. The second kappa shape index (κ2) is 6.28. The van der Waals surface area contributed by atoms with Gasteiger partial charge in [-0.1, -0.05) is 23.7 Å². The molecule has 1 aromatic carbocycles. The number of carbonyl (C=O) groups is 1. The molecule has 0 atom stereocenters. The summed E-state index contributed by atoms with van der Waals surface area (Å²) < 4.78 is 19.7. The Bertz CT molecular complexity index is 763. The molecule has 1 aliphatic carbocycles. The Labute approximate surface area is 143 Å². The van der Waals surface area contributed by atoms with Crippen molar-refractivity contribution >= 4 is 17.7 Å². The van der Waals surface area contributed by atoms with Gasteiger partial charge in [-0.3, -0.25) is 0 Å². The Balaban J connectivity index is 1.77. The van der Waals surface area contributed by atoms with Gasteiger partial charge in [-0.2, -0.15) is 4.39 Å². The van der Waals surface area contributed by atoms with E-state index in [1.54, 1.807) is 30.3 Å². The molecule has 5 nitrogen and oxygen atoms in total. The van der Waals surface area contributed by atoms with Crippen molar-refractivity contribution in [1.29, 1.82) is 0 Å². The predicted octanol–water partition coefficient (Wildman–Crippen LogP) is 4.06. The van der Waals surface area contributed by atoms with E-state index in [0.29, 0.717) is 21.9 Å². The zero-order chi connectivity index (χ0) is 17.3. The van der Waals surface area contributed by atoms with Gasteiger partial charge in [-0.15, -0.1) is 0 Å². The number of hydrogen-bond acceptors (Lipinski definition) is 3. The van der Waals surface area contributed by atoms with Gasteiger partial charge < -0.3 is 14.7 Å². The van der Waals surface area contributed by atoms with Crippen molar-refractivity contribution in [2.75, 3.05) is 13.7 Å². The molecule has 1 fully saturated rings. The lowest BCUT2D eigenvalue weighted by Gasteiger charge is -2.25. The van der Waals surface area contributed by atoms with Crippen molar-refractivity contribution < 1.29 is 19.0 Å². The van der Waals surface area contributed by atoms with E-state index < -0.39 is 17.6 Å². The summed E-state index contributed by atoms with van der Waals surface area (Å²) in [6.07, 6.45) is 1.80. The molecular formula is C17H16ClFN2O3. The monoisotopic (exact) mass is 350 g/mol. The fourth-order valence-corrected chi connectivity index (χ4v) is 2.61. The molecule has 0 spiro atoms. The van der Waals surface area contributed by atoms with Gasteiger partial charge in [0.1, 0.15) is 12.4 Å². The largest absolute Gasteiger partial charge is 0.489 e. The second-order valence-electron chi connectivity index (χ2n) is 5.87. The molecule has 1 N–H and O–H groups in total. The maximum atomic E-state index is 14.0. The molecule has 2 aromatic rings. The Hall–Kier alpha value is -2.34. The standard InChI is InChI=1S/C17H16ClFN2O3/c1-21(16(22)23)17(6-7-17)10-24-13-8-14(15(19)20-9-13)11-2-4-12(18)5-3-11/h2-5,8-9H,6-7,10H2,1H3,(H,22,23). The highest BCUT2D eigenvalue weighted by Gasteiger charge is 2.49. The van der Waals surface area contributed by atoms with Crippen molar-refractivity contribution in [3.05, 3.63) is 47.5 Å². The number of likely N-dealkylation sites (N-methyl/N-ethyl adjacent to an activating group) is 1. The van der Waals surface area contributed by atoms with Crippen LogP contribution in [0, 0.1) is 5.95 Å². The van der Waals surface area contributed by atoms with Crippen LogP contribution < -0.4 is 4.74 Å². The molecule has 24 heavy (non-hydrogen) atoms. The van der Waals surface area contributed by atoms with Crippen LogP contribution in [0.1, 0.15) is 12.8 Å². The number of amides is 1. The van der Waals surface area contributed by atoms with Gasteiger partial charge in [0.25, 0.3) is 0 Å². The lowest BCUT2D eigenvalue weighted by Crippen LogP contribution is -2.42. The van der Waals surface area contributed by atoms with E-state index in [1.807, 2.05) is 0 Å². The van der Waals surface area contributed by atoms with Crippen molar-refractivity contribution in [2.24, 2.45) is 0 Å². The fraction of sp³-hybridized carbons (Fsp3) is 0.294. The van der Waals surface area contributed by atoms with E-state index in [1.165, 1.54) is 18.1 Å². The summed E-state index contributed by atoms with van der Waals surface area (Å²) in [5.41, 5.74) is 0.444. The number of nitrogens with zero attached hydrogens (tertiary/aromatic N) is 2. The Morgan fingerprint density at radius 2 is 2.08 bits per heavy atom. The maximum absolute atomic E-state index is 14.0. The van der Waals surface area contributed by atoms with Gasteiger partial charge in [0.2, 0.25) is 5.95 Å². The Morgan fingerprint density at radius 3 is 2.67 bits per heavy atom. The minimum Gasteiger partial charge on any atom is -0.489 e. The normalized spacial score (nSPS) is 15.0. The first-order valence-electron chi connectivity index (χ1n) is 7.42. The number of rotatable bonds is 5. The number of halogens is 2. The molecular weight excluding hydrogens is 335 g/mol. The van der Waals surface area contributed by atoms with Crippen molar-refractivity contribution in [1.82, 2.24) is 9.88 Å². The number of aromatic nitrogens is 1. The van der Waals surface area contributed by atoms with Gasteiger partial charge in [-0.25, -0.2) is 9.78 Å². The van der Waals surface area contributed by atoms with Crippen LogP contribution in [-0.2, 0) is 0 Å². The first-order chi connectivity index (χ1) is 11.4. The van der Waals surface area contributed by atoms with E-state index >= 15 is 0 Å². The SMILES string of the molecule is CN(C(=O)O)C1(COc2cnc(F)c(-c3ccc(Cl)cc3)c2)CC1. The zero-order valence-electron chi connectivity index (χ0n) is 13.0. The number of hydrogen-bond donors (Lipinski definition) is 1. The molecule has 0 bridgehead atoms. The zero-order valence-corrected chi connectivity index (χ0v) is 13.8. The van der Waals surface area contributed by atoms with Gasteiger partial charge in [0, 0.05) is 17.6 Å². The van der Waals surface area contributed by atoms with E-state index in [-0.39, 0.29) is 6.61 Å². The highest BCUT2D eigenvalue weighted by molar-refractivity contribution is 6.30. The lowest BCUT2D eigenvalue weighted by atomic mass is 10.1. The molecule has 1 amide bonds. The number of pyridine rings is 1. The minimum atomic E-state index is -0.991. The number of carboxylic acid groups (broad SMARTS) is 1. The number of benzene rings is 1. The van der Waals surface area contributed by atoms with Crippen LogP contribution in [0.4, 0.5) is 9.18 Å². The molecule has 0 saturated heterocycles. The predicted molar refractivity (Wildman–Crippen MR) is 87.9 cm³/mol. The summed E-state index contributed by atoms with van der Waals surface area (Å²) in [6, 6.07) is 8.30. The van der Waals surface area contributed by atoms with Crippen molar-refractivity contribution in [3.8, 4) is 16.9 Å². The summed E-state index contributed by atoms with van der Waals surface area (Å²) in [7, 11) is 1.53. The minimum absolute atomic E-state index is 0.211. The van der Waals surface area contributed by atoms with Crippen LogP contribution in [0.15, 0.2) is 36.5 Å². The average molecular weight is 351 g/mol. The Morgan fingerprint density at radius 1 is 1.42 bits per heavy atom. The van der Waals surface area contributed by atoms with Crippen LogP contribution in [0.2, 0.25) is 5.02 Å². The smallest absolute Gasteiger partial charge is 0.407 e. The van der Waals surface area contributed by atoms with Crippen LogP contribution in [0.25, 0.3) is 11.1 Å². The Kier molecular flexibility index (Phi) is 4.32. The van der Waals surface area contributed by atoms with E-state index in [2.05, 4.69) is 4.98 Å². The molecule has 0 aliphatic heterocycles. The van der Waals surface area contributed by atoms with Crippen LogP contribution in [0.3, 0.4) is 0 Å². The summed E-state index contributed by atoms with van der Waals surface area (Å²) in [4.78, 5) is 16.1. The van der Waals surface area contributed by atoms with Gasteiger partial charge in [0.05, 0.1) is 11.7 Å². The molecule has 1 aromatic heterocycles. The van der Waals surface area contributed by atoms with Gasteiger partial charge in [0.15, 0.2) is 0 Å². The van der Waals surface area contributed by atoms with E-state index in [0.717, 1.165) is 12.8 Å². The molecule has 126 valence electrons. The fourth-order valence-electron chi connectivity index (χ4n) is 2.48. The highest BCUT2D eigenvalue weighted by atomic mass is 35.5. The summed E-state index contributed by atoms with van der Waals surface area (Å²) in [5, 5.41) is 9.67. The summed E-state index contributed by atoms with van der Waals surface area (Å²) in [6.45, 7) is 0.211. The van der Waals surface area contributed by atoms with Crippen LogP contribution in [0.5, 0.6) is 5.75 Å². The third-order valence-corrected chi connectivity index (χ3v) is 4.55. The first kappa shape index (κ1) is 16.5. The summed E-state index contributed by atoms with van der Waals surface area (Å²) in [5.74, 6) is -0.208. The van der Waals surface area contributed by atoms with Crippen LogP contribution in [-0.4, -0.2) is 40.3 Å². The van der Waals surface area contributed by atoms with Gasteiger partial charge >= 0.3 is 6.09 Å². The van der Waals surface area contributed by atoms with E-state index in [9.17, 15) is 9.18 Å². The molecule has 1 heterocycles. The third-order valence-electron chi connectivity index (χ3n) is 4.30. The van der Waals surface area contributed by atoms with Crippen LogP contribution >= 0.6 is 11.6 Å². The summed E-state index contributed by atoms with van der Waals surface area (Å²) >= 11 is 5.85. The second-order valence-corrected chi connectivity index (χ2v) is 6.31. The quantitative estimate of drug-likeness (QED) is 0.826. The molecule has 3 rings (SSSR count). The molecule has 1 saturated carbocycles. The average Bonchev–Trinajstić information content (AvgIpc) is 3.35. The lowest BCUT2D eigenvalue weighted by molar-refractivity contribution is 0.109. The van der Waals surface area contributed by atoms with Gasteiger partial charge in [-0.05, 0) is 36.6 Å². The highest BCUT2D eigenvalue weighted by Crippen LogP contribution is 2.41. The molecule has 7 heteroatoms. The molecule has 1 aliphatic rings. The molecule has 0 radical (unpaired) electrons. The number of ether oxygens (including phenoxy) is 1. The van der Waals surface area contributed by atoms with Crippen molar-refractivity contribution in [2.45, 2.75) is 18.4 Å².